The molecule has 0 spiro atoms. The summed E-state index contributed by atoms with van der Waals surface area (Å²) < 4.78 is 5.66. The number of aliphatic hydroxyl groups excluding tert-OH is 1. The second kappa shape index (κ2) is 10.1. The van der Waals surface area contributed by atoms with E-state index < -0.39 is 6.10 Å². The van der Waals surface area contributed by atoms with Gasteiger partial charge in [-0.2, -0.15) is 0 Å². The maximum atomic E-state index is 10.4. The number of nitrogen functional groups attached to an aromatic ring is 1. The van der Waals surface area contributed by atoms with Gasteiger partial charge in [-0.25, -0.2) is 0 Å². The van der Waals surface area contributed by atoms with Crippen molar-refractivity contribution in [1.82, 2.24) is 4.90 Å². The zero-order valence-electron chi connectivity index (χ0n) is 14.4. The Bertz CT molecular complexity index is 490. The molecule has 0 heterocycles. The van der Waals surface area contributed by atoms with Crippen LogP contribution in [-0.4, -0.2) is 36.2 Å². The van der Waals surface area contributed by atoms with E-state index in [1.807, 2.05) is 24.3 Å². The van der Waals surface area contributed by atoms with Crippen LogP contribution in [0.4, 0.5) is 5.69 Å². The summed E-state index contributed by atoms with van der Waals surface area (Å²) in [6.07, 6.45) is 3.80. The van der Waals surface area contributed by atoms with Crippen LogP contribution in [-0.2, 0) is 0 Å². The van der Waals surface area contributed by atoms with Gasteiger partial charge in [-0.3, -0.25) is 4.90 Å². The van der Waals surface area contributed by atoms with Crippen LogP contribution in [0.5, 0.6) is 5.75 Å². The van der Waals surface area contributed by atoms with E-state index in [1.165, 1.54) is 0 Å². The Morgan fingerprint density at radius 1 is 1.26 bits per heavy atom. The van der Waals surface area contributed by atoms with Crippen LogP contribution in [0.3, 0.4) is 0 Å². The minimum absolute atomic E-state index is 0.445. The van der Waals surface area contributed by atoms with Crippen molar-refractivity contribution in [2.45, 2.75) is 26.4 Å². The molecule has 0 saturated carbocycles. The molecule has 0 bridgehead atoms. The van der Waals surface area contributed by atoms with Gasteiger partial charge >= 0.3 is 0 Å². The summed E-state index contributed by atoms with van der Waals surface area (Å²) in [5.74, 6) is 1.12. The molecule has 1 aromatic rings. The Balaban J connectivity index is 2.61. The Hall–Kier alpha value is -1.78. The maximum absolute atomic E-state index is 10.4. The molecule has 0 amide bonds. The van der Waals surface area contributed by atoms with E-state index in [4.69, 9.17) is 10.5 Å². The second-order valence-corrected chi connectivity index (χ2v) is 6.14. The van der Waals surface area contributed by atoms with Gasteiger partial charge in [-0.05, 0) is 30.0 Å². The third-order valence-electron chi connectivity index (χ3n) is 3.48. The fourth-order valence-electron chi connectivity index (χ4n) is 2.26. The monoisotopic (exact) mass is 318 g/mol. The van der Waals surface area contributed by atoms with E-state index in [-0.39, 0.29) is 0 Å². The van der Waals surface area contributed by atoms with Crippen LogP contribution >= 0.6 is 0 Å². The average molecular weight is 318 g/mol. The van der Waals surface area contributed by atoms with E-state index in [0.717, 1.165) is 25.2 Å². The minimum Gasteiger partial charge on any atom is -0.491 e. The van der Waals surface area contributed by atoms with Crippen LogP contribution in [0.2, 0.25) is 0 Å². The van der Waals surface area contributed by atoms with Gasteiger partial charge in [-0.1, -0.05) is 32.1 Å². The second-order valence-electron chi connectivity index (χ2n) is 6.14. The quantitative estimate of drug-likeness (QED) is 0.485. The Labute approximate surface area is 140 Å². The van der Waals surface area contributed by atoms with Crippen molar-refractivity contribution in [3.05, 3.63) is 49.1 Å². The molecule has 128 valence electrons. The van der Waals surface area contributed by atoms with Crippen molar-refractivity contribution in [3.63, 3.8) is 0 Å². The van der Waals surface area contributed by atoms with Gasteiger partial charge in [0, 0.05) is 19.6 Å². The number of anilines is 1. The summed E-state index contributed by atoms with van der Waals surface area (Å²) in [4.78, 5) is 2.17. The van der Waals surface area contributed by atoms with Gasteiger partial charge in [0.05, 0.1) is 18.4 Å². The minimum atomic E-state index is -0.548. The number of benzene rings is 1. The number of nitrogens with two attached hydrogens (primary N) is 1. The lowest BCUT2D eigenvalue weighted by Crippen LogP contribution is -2.26. The van der Waals surface area contributed by atoms with Crippen LogP contribution in [0, 0.1) is 5.92 Å². The van der Waals surface area contributed by atoms with Gasteiger partial charge in [-0.15, -0.1) is 13.2 Å². The average Bonchev–Trinajstić information content (AvgIpc) is 2.51. The highest BCUT2D eigenvalue weighted by Gasteiger charge is 2.12. The molecule has 0 fully saturated rings. The molecule has 1 rings (SSSR count). The van der Waals surface area contributed by atoms with Gasteiger partial charge in [0.1, 0.15) is 5.75 Å². The molecule has 1 atom stereocenters. The number of hydrogen-bond acceptors (Lipinski definition) is 4. The summed E-state index contributed by atoms with van der Waals surface area (Å²) in [6.45, 7) is 14.6. The third-order valence-corrected chi connectivity index (χ3v) is 3.48. The summed E-state index contributed by atoms with van der Waals surface area (Å²) in [5.41, 5.74) is 7.41. The van der Waals surface area contributed by atoms with E-state index >= 15 is 0 Å². The van der Waals surface area contributed by atoms with Crippen molar-refractivity contribution in [1.29, 1.82) is 0 Å². The van der Waals surface area contributed by atoms with Gasteiger partial charge in [0.25, 0.3) is 0 Å². The largest absolute Gasteiger partial charge is 0.491 e. The smallest absolute Gasteiger partial charge is 0.142 e. The number of nitrogens with zero attached hydrogens (tertiary/aromatic N) is 1. The number of rotatable bonds is 11. The lowest BCUT2D eigenvalue weighted by molar-refractivity contribution is 0.148. The van der Waals surface area contributed by atoms with Crippen molar-refractivity contribution < 1.29 is 9.84 Å². The van der Waals surface area contributed by atoms with E-state index in [0.29, 0.717) is 30.4 Å². The first-order valence-corrected chi connectivity index (χ1v) is 8.12. The standard InChI is InChI=1S/C19H30N2O2/c1-5-10-21(11-6-2)12-9-18(22)16-7-8-19(17(20)13-16)23-14-15(3)4/h5-8,13,15,18,22H,1-2,9-12,14,20H2,3-4H3. The first-order valence-electron chi connectivity index (χ1n) is 8.12. The molecule has 23 heavy (non-hydrogen) atoms. The zero-order valence-corrected chi connectivity index (χ0v) is 14.4. The first kappa shape index (κ1) is 19.3. The number of ether oxygens (including phenoxy) is 1. The maximum Gasteiger partial charge on any atom is 0.142 e. The first-order chi connectivity index (χ1) is 11.0. The molecule has 1 aromatic carbocycles. The van der Waals surface area contributed by atoms with Gasteiger partial charge in [0.2, 0.25) is 0 Å². The van der Waals surface area contributed by atoms with Crippen molar-refractivity contribution in [2.24, 2.45) is 5.92 Å². The van der Waals surface area contributed by atoms with Gasteiger partial charge in [0.15, 0.2) is 0 Å². The summed E-state index contributed by atoms with van der Waals surface area (Å²) in [7, 11) is 0. The molecule has 4 nitrogen and oxygen atoms in total. The zero-order chi connectivity index (χ0) is 17.2. The molecular formula is C19H30N2O2. The highest BCUT2D eigenvalue weighted by atomic mass is 16.5. The molecule has 4 heteroatoms. The van der Waals surface area contributed by atoms with E-state index in [9.17, 15) is 5.11 Å². The molecule has 0 aliphatic heterocycles. The molecule has 0 radical (unpaired) electrons. The molecule has 0 aliphatic rings. The molecule has 0 aromatic heterocycles. The number of hydrogen-bond donors (Lipinski definition) is 2. The Kier molecular flexibility index (Phi) is 8.45. The fourth-order valence-corrected chi connectivity index (χ4v) is 2.26. The lowest BCUT2D eigenvalue weighted by Gasteiger charge is -2.21. The summed E-state index contributed by atoms with van der Waals surface area (Å²) in [5, 5.41) is 10.4. The summed E-state index contributed by atoms with van der Waals surface area (Å²) >= 11 is 0. The predicted octanol–water partition coefficient (Wildman–Crippen LogP) is 3.40. The van der Waals surface area contributed by atoms with E-state index in [2.05, 4.69) is 31.9 Å². The normalized spacial score (nSPS) is 12.4. The molecule has 0 saturated heterocycles. The Morgan fingerprint density at radius 2 is 1.91 bits per heavy atom. The highest BCUT2D eigenvalue weighted by Crippen LogP contribution is 2.27. The third kappa shape index (κ3) is 6.89. The SMILES string of the molecule is C=CCN(CC=C)CCC(O)c1ccc(OCC(C)C)c(N)c1. The Morgan fingerprint density at radius 3 is 2.43 bits per heavy atom. The molecule has 0 aliphatic carbocycles. The number of aliphatic hydroxyl groups is 1. The molecule has 3 N–H and O–H groups in total. The molecular weight excluding hydrogens is 288 g/mol. The predicted molar refractivity (Wildman–Crippen MR) is 97.6 cm³/mol. The molecule has 1 unspecified atom stereocenters. The van der Waals surface area contributed by atoms with Crippen molar-refractivity contribution in [2.75, 3.05) is 32.0 Å². The lowest BCUT2D eigenvalue weighted by atomic mass is 10.1. The summed E-state index contributed by atoms with van der Waals surface area (Å²) in [6, 6.07) is 5.51. The van der Waals surface area contributed by atoms with Gasteiger partial charge < -0.3 is 15.6 Å². The topological polar surface area (TPSA) is 58.7 Å². The fraction of sp³-hybridized carbons (Fsp3) is 0.474. The van der Waals surface area contributed by atoms with Crippen LogP contribution in [0.1, 0.15) is 31.9 Å². The van der Waals surface area contributed by atoms with Crippen molar-refractivity contribution >= 4 is 5.69 Å². The van der Waals surface area contributed by atoms with Crippen LogP contribution < -0.4 is 10.5 Å². The van der Waals surface area contributed by atoms with Crippen LogP contribution in [0.25, 0.3) is 0 Å². The highest BCUT2D eigenvalue weighted by molar-refractivity contribution is 5.54. The van der Waals surface area contributed by atoms with Crippen molar-refractivity contribution in [3.8, 4) is 5.75 Å². The van der Waals surface area contributed by atoms with E-state index in [1.54, 1.807) is 6.07 Å². The van der Waals surface area contributed by atoms with Crippen LogP contribution in [0.15, 0.2) is 43.5 Å².